The molecule has 0 aromatic carbocycles. The highest BCUT2D eigenvalue weighted by molar-refractivity contribution is 4.84. The highest BCUT2D eigenvalue weighted by atomic mass is 15.1. The zero-order valence-corrected chi connectivity index (χ0v) is 18.3. The van der Waals surface area contributed by atoms with Crippen LogP contribution in [0.4, 0.5) is 0 Å². The average Bonchev–Trinajstić information content (AvgIpc) is 3.02. The molecule has 152 valence electrons. The molecule has 0 aliphatic rings. The molecule has 0 bridgehead atoms. The highest BCUT2D eigenvalue weighted by Crippen LogP contribution is 2.11. The Hall–Kier alpha value is -0.790. The first-order valence-electron chi connectivity index (χ1n) is 11.9. The maximum absolute atomic E-state index is 2.55. The smallest absolute Gasteiger partial charge is 0.234 e. The van der Waals surface area contributed by atoms with Crippen LogP contribution >= 0.6 is 0 Å². The van der Waals surface area contributed by atoms with Gasteiger partial charge >= 0.3 is 0 Å². The molecule has 0 aliphatic carbocycles. The van der Waals surface area contributed by atoms with E-state index >= 15 is 0 Å². The van der Waals surface area contributed by atoms with Gasteiger partial charge in [-0.1, -0.05) is 91.4 Å². The highest BCUT2D eigenvalue weighted by Gasteiger charge is 2.15. The van der Waals surface area contributed by atoms with Gasteiger partial charge in [0, 0.05) is 6.42 Å². The normalized spacial score (nSPS) is 11.3. The number of rotatable bonds is 18. The standard InChI is InChI=1S/C24H47N2/c1-4-7-9-11-12-13-14-15-16-18-21-26-23-22-25(20-6-3)24(26)19-17-10-8-5-2/h22-23H,4-21H2,1-3H3/q+1. The molecule has 0 saturated carbocycles. The predicted molar refractivity (Wildman–Crippen MR) is 115 cm³/mol. The molecule has 1 aromatic heterocycles. The second-order valence-electron chi connectivity index (χ2n) is 8.09. The fourth-order valence-corrected chi connectivity index (χ4v) is 3.91. The van der Waals surface area contributed by atoms with Crippen LogP contribution in [0.3, 0.4) is 0 Å². The molecule has 0 unspecified atom stereocenters. The fourth-order valence-electron chi connectivity index (χ4n) is 3.91. The summed E-state index contributed by atoms with van der Waals surface area (Å²) in [6.07, 6.45) is 26.8. The molecule has 0 amide bonds. The van der Waals surface area contributed by atoms with Crippen molar-refractivity contribution in [3.63, 3.8) is 0 Å². The first-order valence-corrected chi connectivity index (χ1v) is 11.9. The minimum Gasteiger partial charge on any atom is -0.234 e. The van der Waals surface area contributed by atoms with Crippen LogP contribution in [-0.2, 0) is 19.5 Å². The van der Waals surface area contributed by atoms with E-state index in [0.29, 0.717) is 0 Å². The summed E-state index contributed by atoms with van der Waals surface area (Å²) in [5.74, 6) is 1.57. The first-order chi connectivity index (χ1) is 12.8. The third-order valence-corrected chi connectivity index (χ3v) is 5.56. The lowest BCUT2D eigenvalue weighted by molar-refractivity contribution is -0.704. The molecule has 2 nitrogen and oxygen atoms in total. The zero-order chi connectivity index (χ0) is 18.9. The number of imidazole rings is 1. The summed E-state index contributed by atoms with van der Waals surface area (Å²) >= 11 is 0. The van der Waals surface area contributed by atoms with Crippen LogP contribution in [0.1, 0.15) is 123 Å². The van der Waals surface area contributed by atoms with Crippen molar-refractivity contribution < 1.29 is 4.57 Å². The van der Waals surface area contributed by atoms with Gasteiger partial charge < -0.3 is 0 Å². The number of hydrogen-bond acceptors (Lipinski definition) is 0. The number of nitrogens with zero attached hydrogens (tertiary/aromatic N) is 2. The molecular weight excluding hydrogens is 316 g/mol. The Bertz CT molecular complexity index is 422. The lowest BCUT2D eigenvalue weighted by atomic mass is 10.1. The number of aromatic nitrogens is 2. The van der Waals surface area contributed by atoms with Crippen molar-refractivity contribution in [2.75, 3.05) is 0 Å². The second-order valence-corrected chi connectivity index (χ2v) is 8.09. The van der Waals surface area contributed by atoms with Crippen molar-refractivity contribution >= 4 is 0 Å². The molecule has 0 spiro atoms. The maximum atomic E-state index is 2.55. The third-order valence-electron chi connectivity index (χ3n) is 5.56. The van der Waals surface area contributed by atoms with Gasteiger partial charge in [0.15, 0.2) is 0 Å². The van der Waals surface area contributed by atoms with Gasteiger partial charge in [0.25, 0.3) is 5.82 Å². The SMILES string of the molecule is CCCCCCCCCCCC[n+]1ccn(CCC)c1CCCCCC. The lowest BCUT2D eigenvalue weighted by Crippen LogP contribution is -2.37. The van der Waals surface area contributed by atoms with Gasteiger partial charge in [-0.25, -0.2) is 9.13 Å². The van der Waals surface area contributed by atoms with Crippen molar-refractivity contribution in [3.05, 3.63) is 18.2 Å². The van der Waals surface area contributed by atoms with Crippen LogP contribution < -0.4 is 4.57 Å². The Morgan fingerprint density at radius 1 is 0.654 bits per heavy atom. The molecular formula is C24H47N2+. The Labute approximate surface area is 164 Å². The van der Waals surface area contributed by atoms with Gasteiger partial charge in [-0.05, 0) is 25.7 Å². The molecule has 26 heavy (non-hydrogen) atoms. The molecule has 1 heterocycles. The summed E-state index contributed by atoms with van der Waals surface area (Å²) in [7, 11) is 0. The second kappa shape index (κ2) is 16.4. The van der Waals surface area contributed by atoms with E-state index in [4.69, 9.17) is 0 Å². The first kappa shape index (κ1) is 23.2. The van der Waals surface area contributed by atoms with Crippen LogP contribution in [0.5, 0.6) is 0 Å². The van der Waals surface area contributed by atoms with Crippen LogP contribution in [0, 0.1) is 0 Å². The summed E-state index contributed by atoms with van der Waals surface area (Å²) in [6.45, 7) is 9.27. The van der Waals surface area contributed by atoms with E-state index < -0.39 is 0 Å². The minimum atomic E-state index is 1.17. The monoisotopic (exact) mass is 363 g/mol. The number of hydrogen-bond donors (Lipinski definition) is 0. The molecule has 0 aliphatic heterocycles. The summed E-state index contributed by atoms with van der Waals surface area (Å²) in [4.78, 5) is 0. The lowest BCUT2D eigenvalue weighted by Gasteiger charge is -2.06. The molecule has 0 fully saturated rings. The van der Waals surface area contributed by atoms with Gasteiger partial charge in [-0.15, -0.1) is 0 Å². The van der Waals surface area contributed by atoms with Crippen LogP contribution in [0.2, 0.25) is 0 Å². The molecule has 0 atom stereocenters. The Balaban J connectivity index is 2.22. The summed E-state index contributed by atoms with van der Waals surface area (Å²) in [5.41, 5.74) is 0. The van der Waals surface area contributed by atoms with E-state index in [9.17, 15) is 0 Å². The van der Waals surface area contributed by atoms with Crippen molar-refractivity contribution in [1.29, 1.82) is 0 Å². The van der Waals surface area contributed by atoms with E-state index in [0.717, 1.165) is 0 Å². The van der Waals surface area contributed by atoms with Crippen LogP contribution in [-0.4, -0.2) is 4.57 Å². The Kier molecular flexibility index (Phi) is 14.7. The molecule has 0 saturated heterocycles. The molecule has 0 radical (unpaired) electrons. The number of aryl methyl sites for hydroxylation is 2. The Morgan fingerprint density at radius 3 is 1.77 bits per heavy atom. The van der Waals surface area contributed by atoms with Crippen molar-refractivity contribution in [1.82, 2.24) is 4.57 Å². The van der Waals surface area contributed by atoms with Crippen LogP contribution in [0.25, 0.3) is 0 Å². The minimum absolute atomic E-state index is 1.17. The number of unbranched alkanes of at least 4 members (excludes halogenated alkanes) is 12. The topological polar surface area (TPSA) is 8.81 Å². The van der Waals surface area contributed by atoms with E-state index in [1.807, 2.05) is 0 Å². The van der Waals surface area contributed by atoms with Gasteiger partial charge in [-0.2, -0.15) is 0 Å². The van der Waals surface area contributed by atoms with E-state index in [1.54, 1.807) is 5.82 Å². The van der Waals surface area contributed by atoms with E-state index in [-0.39, 0.29) is 0 Å². The summed E-state index contributed by atoms with van der Waals surface area (Å²) in [6, 6.07) is 0. The van der Waals surface area contributed by atoms with Crippen molar-refractivity contribution in [2.24, 2.45) is 0 Å². The van der Waals surface area contributed by atoms with Gasteiger partial charge in [0.2, 0.25) is 0 Å². The molecule has 2 heteroatoms. The van der Waals surface area contributed by atoms with Gasteiger partial charge in [-0.3, -0.25) is 0 Å². The zero-order valence-electron chi connectivity index (χ0n) is 18.3. The molecule has 0 N–H and O–H groups in total. The molecule has 1 aromatic rings. The van der Waals surface area contributed by atoms with Gasteiger partial charge in [0.1, 0.15) is 12.4 Å². The summed E-state index contributed by atoms with van der Waals surface area (Å²) in [5, 5.41) is 0. The van der Waals surface area contributed by atoms with Crippen molar-refractivity contribution in [3.8, 4) is 0 Å². The van der Waals surface area contributed by atoms with Crippen LogP contribution in [0.15, 0.2) is 12.4 Å². The predicted octanol–water partition coefficient (Wildman–Crippen LogP) is 7.23. The average molecular weight is 364 g/mol. The largest absolute Gasteiger partial charge is 0.256 e. The maximum Gasteiger partial charge on any atom is 0.256 e. The summed E-state index contributed by atoms with van der Waals surface area (Å²) < 4.78 is 5.05. The van der Waals surface area contributed by atoms with E-state index in [1.165, 1.54) is 116 Å². The quantitative estimate of drug-likeness (QED) is 0.192. The third kappa shape index (κ3) is 10.4. The Morgan fingerprint density at radius 2 is 1.19 bits per heavy atom. The van der Waals surface area contributed by atoms with E-state index in [2.05, 4.69) is 42.3 Å². The fraction of sp³-hybridized carbons (Fsp3) is 0.875. The van der Waals surface area contributed by atoms with Gasteiger partial charge in [0.05, 0.1) is 13.1 Å². The van der Waals surface area contributed by atoms with Crippen molar-refractivity contribution in [2.45, 2.75) is 137 Å². The molecule has 1 rings (SSSR count).